The van der Waals surface area contributed by atoms with Crippen molar-refractivity contribution in [2.24, 2.45) is 7.05 Å². The number of hydrogen-bond donors (Lipinski definition) is 1. The molecule has 0 aromatic carbocycles. The topological polar surface area (TPSA) is 50.3 Å². The van der Waals surface area contributed by atoms with E-state index in [1.54, 1.807) is 11.7 Å². The molecular weight excluding hydrogens is 214 g/mol. The fourth-order valence-corrected chi connectivity index (χ4v) is 2.00. The van der Waals surface area contributed by atoms with Gasteiger partial charge in [0.05, 0.1) is 0 Å². The van der Waals surface area contributed by atoms with Crippen LogP contribution < -0.4 is 10.6 Å². The zero-order valence-electron chi connectivity index (χ0n) is 9.07. The van der Waals surface area contributed by atoms with Crippen LogP contribution in [0.15, 0.2) is 0 Å². The van der Waals surface area contributed by atoms with E-state index in [0.29, 0.717) is 10.8 Å². The molecule has 6 heteroatoms. The van der Waals surface area contributed by atoms with E-state index in [2.05, 4.69) is 21.9 Å². The van der Waals surface area contributed by atoms with Gasteiger partial charge in [-0.1, -0.05) is 11.6 Å². The van der Waals surface area contributed by atoms with Crippen LogP contribution in [0.2, 0.25) is 5.02 Å². The Hall–Kier alpha value is -0.940. The highest BCUT2D eigenvalue weighted by Crippen LogP contribution is 2.30. The van der Waals surface area contributed by atoms with Crippen LogP contribution in [0, 0.1) is 0 Å². The van der Waals surface area contributed by atoms with Crippen LogP contribution in [0.4, 0.5) is 11.6 Å². The van der Waals surface area contributed by atoms with Crippen LogP contribution in [0.5, 0.6) is 0 Å². The summed E-state index contributed by atoms with van der Waals surface area (Å²) in [6, 6.07) is 0. The van der Waals surface area contributed by atoms with Crippen LogP contribution in [0.25, 0.3) is 0 Å². The summed E-state index contributed by atoms with van der Waals surface area (Å²) in [5.74, 6) is 1.34. The molecular formula is C9H16ClN5. The number of rotatable bonds is 1. The molecule has 0 saturated carbocycles. The van der Waals surface area contributed by atoms with Gasteiger partial charge in [-0.15, -0.1) is 0 Å². The first-order valence-electron chi connectivity index (χ1n) is 5.01. The lowest BCUT2D eigenvalue weighted by molar-refractivity contribution is 0.312. The van der Waals surface area contributed by atoms with Crippen molar-refractivity contribution < 1.29 is 0 Å². The van der Waals surface area contributed by atoms with Crippen molar-refractivity contribution in [2.75, 3.05) is 43.9 Å². The predicted octanol–water partition coefficient (Wildman–Crippen LogP) is 0.407. The molecule has 0 atom stereocenters. The minimum Gasteiger partial charge on any atom is -0.383 e. The van der Waals surface area contributed by atoms with E-state index in [9.17, 15) is 0 Å². The molecule has 1 saturated heterocycles. The second-order valence-corrected chi connectivity index (χ2v) is 4.31. The number of aryl methyl sites for hydroxylation is 1. The maximum Gasteiger partial charge on any atom is 0.171 e. The van der Waals surface area contributed by atoms with Crippen molar-refractivity contribution in [3.63, 3.8) is 0 Å². The number of anilines is 2. The Morgan fingerprint density at radius 2 is 1.80 bits per heavy atom. The van der Waals surface area contributed by atoms with Crippen molar-refractivity contribution in [1.82, 2.24) is 14.7 Å². The third-order valence-electron chi connectivity index (χ3n) is 2.82. The summed E-state index contributed by atoms with van der Waals surface area (Å²) in [6.45, 7) is 3.97. The van der Waals surface area contributed by atoms with Gasteiger partial charge in [0, 0.05) is 33.2 Å². The van der Waals surface area contributed by atoms with Gasteiger partial charge in [0.15, 0.2) is 5.82 Å². The van der Waals surface area contributed by atoms with Crippen molar-refractivity contribution in [3.8, 4) is 0 Å². The molecule has 2 heterocycles. The molecule has 0 radical (unpaired) electrons. The Kier molecular flexibility index (Phi) is 2.75. The lowest BCUT2D eigenvalue weighted by atomic mass is 10.3. The third kappa shape index (κ3) is 1.89. The molecule has 15 heavy (non-hydrogen) atoms. The Morgan fingerprint density at radius 3 is 2.27 bits per heavy atom. The second-order valence-electron chi connectivity index (χ2n) is 3.94. The maximum absolute atomic E-state index is 6.12. The fourth-order valence-electron chi connectivity index (χ4n) is 1.72. The molecule has 5 nitrogen and oxygen atoms in total. The molecule has 1 aromatic heterocycles. The van der Waals surface area contributed by atoms with E-state index in [-0.39, 0.29) is 0 Å². The maximum atomic E-state index is 6.12. The van der Waals surface area contributed by atoms with Gasteiger partial charge < -0.3 is 15.5 Å². The van der Waals surface area contributed by atoms with E-state index < -0.39 is 0 Å². The number of nitrogen functional groups attached to an aromatic ring is 1. The highest BCUT2D eigenvalue weighted by Gasteiger charge is 2.21. The molecule has 1 aliphatic rings. The third-order valence-corrected chi connectivity index (χ3v) is 3.18. The van der Waals surface area contributed by atoms with Gasteiger partial charge in [-0.25, -0.2) is 4.68 Å². The lowest BCUT2D eigenvalue weighted by Crippen LogP contribution is -2.44. The van der Waals surface area contributed by atoms with E-state index in [0.717, 1.165) is 32.0 Å². The summed E-state index contributed by atoms with van der Waals surface area (Å²) in [5, 5.41) is 4.90. The standard InChI is InChI=1S/C9H16ClN5/c1-13-3-5-15(6-4-13)9-7(10)8(11)14(2)12-9/h3-6,11H2,1-2H3. The summed E-state index contributed by atoms with van der Waals surface area (Å²) in [6.07, 6.45) is 0. The Balaban J connectivity index is 2.19. The Bertz CT molecular complexity index is 354. The molecule has 0 bridgehead atoms. The zero-order valence-corrected chi connectivity index (χ0v) is 9.83. The van der Waals surface area contributed by atoms with Gasteiger partial charge in [0.1, 0.15) is 10.8 Å². The van der Waals surface area contributed by atoms with E-state index in [1.165, 1.54) is 0 Å². The minimum absolute atomic E-state index is 0.533. The van der Waals surface area contributed by atoms with E-state index >= 15 is 0 Å². The molecule has 2 N–H and O–H groups in total. The predicted molar refractivity (Wildman–Crippen MR) is 62.3 cm³/mol. The number of nitrogens with two attached hydrogens (primary N) is 1. The lowest BCUT2D eigenvalue weighted by Gasteiger charge is -2.32. The number of hydrogen-bond acceptors (Lipinski definition) is 4. The molecule has 1 aliphatic heterocycles. The van der Waals surface area contributed by atoms with Crippen LogP contribution in [-0.4, -0.2) is 47.9 Å². The number of likely N-dealkylation sites (N-methyl/N-ethyl adjacent to an activating group) is 1. The highest BCUT2D eigenvalue weighted by molar-refractivity contribution is 6.35. The molecule has 1 aromatic rings. The van der Waals surface area contributed by atoms with Crippen molar-refractivity contribution in [3.05, 3.63) is 5.02 Å². The molecule has 0 amide bonds. The van der Waals surface area contributed by atoms with Crippen molar-refractivity contribution >= 4 is 23.2 Å². The quantitative estimate of drug-likeness (QED) is 0.758. The highest BCUT2D eigenvalue weighted by atomic mass is 35.5. The Morgan fingerprint density at radius 1 is 1.20 bits per heavy atom. The fraction of sp³-hybridized carbons (Fsp3) is 0.667. The second kappa shape index (κ2) is 3.90. The average molecular weight is 230 g/mol. The van der Waals surface area contributed by atoms with Gasteiger partial charge in [-0.2, -0.15) is 5.10 Å². The van der Waals surface area contributed by atoms with Crippen LogP contribution in [0.1, 0.15) is 0 Å². The van der Waals surface area contributed by atoms with Gasteiger partial charge in [-0.05, 0) is 7.05 Å². The van der Waals surface area contributed by atoms with Gasteiger partial charge >= 0.3 is 0 Å². The van der Waals surface area contributed by atoms with Crippen LogP contribution in [0.3, 0.4) is 0 Å². The first kappa shape index (κ1) is 10.6. The minimum atomic E-state index is 0.533. The van der Waals surface area contributed by atoms with E-state index in [1.807, 2.05) is 0 Å². The molecule has 84 valence electrons. The first-order chi connectivity index (χ1) is 7.09. The number of nitrogens with zero attached hydrogens (tertiary/aromatic N) is 4. The summed E-state index contributed by atoms with van der Waals surface area (Å²) in [5.41, 5.74) is 5.77. The summed E-state index contributed by atoms with van der Waals surface area (Å²) < 4.78 is 1.62. The zero-order chi connectivity index (χ0) is 11.0. The first-order valence-corrected chi connectivity index (χ1v) is 5.39. The van der Waals surface area contributed by atoms with Crippen LogP contribution in [-0.2, 0) is 7.05 Å². The number of piperazine rings is 1. The van der Waals surface area contributed by atoms with Gasteiger partial charge in [0.25, 0.3) is 0 Å². The summed E-state index contributed by atoms with van der Waals surface area (Å²) in [7, 11) is 3.92. The van der Waals surface area contributed by atoms with Crippen molar-refractivity contribution in [2.45, 2.75) is 0 Å². The number of aromatic nitrogens is 2. The van der Waals surface area contributed by atoms with Gasteiger partial charge in [-0.3, -0.25) is 0 Å². The Labute approximate surface area is 94.4 Å². The largest absolute Gasteiger partial charge is 0.383 e. The molecule has 2 rings (SSSR count). The summed E-state index contributed by atoms with van der Waals surface area (Å²) in [4.78, 5) is 4.47. The SMILES string of the molecule is CN1CCN(c2nn(C)c(N)c2Cl)CC1. The van der Waals surface area contributed by atoms with Gasteiger partial charge in [0.2, 0.25) is 0 Å². The van der Waals surface area contributed by atoms with E-state index in [4.69, 9.17) is 17.3 Å². The average Bonchev–Trinajstić information content (AvgIpc) is 2.47. The number of halogens is 1. The molecule has 1 fully saturated rings. The summed E-state index contributed by atoms with van der Waals surface area (Å²) >= 11 is 6.12. The molecule has 0 unspecified atom stereocenters. The molecule has 0 spiro atoms. The van der Waals surface area contributed by atoms with Crippen molar-refractivity contribution in [1.29, 1.82) is 0 Å². The monoisotopic (exact) mass is 229 g/mol. The molecule has 0 aliphatic carbocycles. The smallest absolute Gasteiger partial charge is 0.171 e. The van der Waals surface area contributed by atoms with Crippen LogP contribution >= 0.6 is 11.6 Å². The normalized spacial score (nSPS) is 18.5.